The lowest BCUT2D eigenvalue weighted by molar-refractivity contribution is 0.191. The highest BCUT2D eigenvalue weighted by Gasteiger charge is 2.40. The molecule has 0 radical (unpaired) electrons. The van der Waals surface area contributed by atoms with Gasteiger partial charge >= 0.3 is 0 Å². The van der Waals surface area contributed by atoms with Crippen LogP contribution in [0.4, 0.5) is 0 Å². The van der Waals surface area contributed by atoms with Gasteiger partial charge in [0.05, 0.1) is 4.90 Å². The van der Waals surface area contributed by atoms with Gasteiger partial charge in [-0.1, -0.05) is 31.9 Å². The zero-order valence-electron chi connectivity index (χ0n) is 15.1. The van der Waals surface area contributed by atoms with E-state index in [1.807, 2.05) is 0 Å². The maximum Gasteiger partial charge on any atom is 0.241 e. The third kappa shape index (κ3) is 4.11. The summed E-state index contributed by atoms with van der Waals surface area (Å²) in [6.45, 7) is 4.15. The minimum Gasteiger partial charge on any atom is -0.449 e. The van der Waals surface area contributed by atoms with Crippen molar-refractivity contribution in [2.45, 2.75) is 50.0 Å². The first-order chi connectivity index (χ1) is 11.9. The number of halogens is 1. The number of nitrogens with one attached hydrogen (secondary N) is 1. The van der Waals surface area contributed by atoms with Crippen molar-refractivity contribution in [1.82, 2.24) is 9.71 Å². The number of nitrogens with two attached hydrogens (primary N) is 1. The maximum absolute atomic E-state index is 12.9. The summed E-state index contributed by atoms with van der Waals surface area (Å²) in [5.74, 6) is 0.794. The molecule has 6 nitrogen and oxygen atoms in total. The van der Waals surface area contributed by atoms with Gasteiger partial charge in [0.1, 0.15) is 12.0 Å². The number of nitrogens with zero attached hydrogens (tertiary/aromatic N) is 1. The Balaban J connectivity index is 0.00000243. The Morgan fingerprint density at radius 1 is 1.31 bits per heavy atom. The molecule has 1 saturated carbocycles. The fourth-order valence-electron chi connectivity index (χ4n) is 3.54. The number of oxazole rings is 1. The molecule has 1 aliphatic rings. The van der Waals surface area contributed by atoms with Gasteiger partial charge in [0.25, 0.3) is 0 Å². The summed E-state index contributed by atoms with van der Waals surface area (Å²) in [5.41, 5.74) is 6.92. The van der Waals surface area contributed by atoms with Crippen LogP contribution < -0.4 is 10.5 Å². The number of hydrogen-bond donors (Lipinski definition) is 2. The standard InChI is InChI=1S/C18H25N3O3S.ClH/c1-13-5-3-4-10-18(13,12-19)21-25(22,23)16-8-6-15(7-9-16)17-11-24-14(2)20-17;/h6-9,11,13,21H,3-5,10,12,19H2,1-2H3;1H. The Morgan fingerprint density at radius 2 is 2.00 bits per heavy atom. The lowest BCUT2D eigenvalue weighted by Crippen LogP contribution is -2.58. The van der Waals surface area contributed by atoms with Gasteiger partial charge in [-0.05, 0) is 30.9 Å². The molecule has 144 valence electrons. The van der Waals surface area contributed by atoms with Crippen molar-refractivity contribution in [3.05, 3.63) is 36.4 Å². The van der Waals surface area contributed by atoms with E-state index in [4.69, 9.17) is 10.2 Å². The Labute approximate surface area is 161 Å². The maximum atomic E-state index is 12.9. The van der Waals surface area contributed by atoms with Crippen molar-refractivity contribution in [3.8, 4) is 11.3 Å². The molecule has 2 aromatic rings. The fourth-order valence-corrected chi connectivity index (χ4v) is 5.07. The summed E-state index contributed by atoms with van der Waals surface area (Å²) in [5, 5.41) is 0. The number of aromatic nitrogens is 1. The van der Waals surface area contributed by atoms with E-state index in [9.17, 15) is 8.42 Å². The first kappa shape index (κ1) is 20.9. The Morgan fingerprint density at radius 3 is 2.54 bits per heavy atom. The number of benzene rings is 1. The Hall–Kier alpha value is -1.41. The molecule has 1 fully saturated rings. The van der Waals surface area contributed by atoms with E-state index in [-0.39, 0.29) is 23.2 Å². The van der Waals surface area contributed by atoms with Crippen LogP contribution in [0.15, 0.2) is 39.8 Å². The highest BCUT2D eigenvalue weighted by atomic mass is 35.5. The van der Waals surface area contributed by atoms with Crippen molar-refractivity contribution in [2.24, 2.45) is 11.7 Å². The van der Waals surface area contributed by atoms with Crippen LogP contribution in [-0.4, -0.2) is 25.5 Å². The van der Waals surface area contributed by atoms with Crippen LogP contribution in [0.1, 0.15) is 38.5 Å². The molecule has 0 saturated heterocycles. The first-order valence-corrected chi connectivity index (χ1v) is 10.1. The summed E-state index contributed by atoms with van der Waals surface area (Å²) >= 11 is 0. The zero-order chi connectivity index (χ0) is 18.1. The van der Waals surface area contributed by atoms with E-state index in [0.717, 1.165) is 31.2 Å². The smallest absolute Gasteiger partial charge is 0.241 e. The molecule has 0 bridgehead atoms. The second-order valence-electron chi connectivity index (χ2n) is 6.89. The van der Waals surface area contributed by atoms with Crippen LogP contribution in [0.3, 0.4) is 0 Å². The first-order valence-electron chi connectivity index (χ1n) is 8.63. The molecule has 3 rings (SSSR count). The number of hydrogen-bond acceptors (Lipinski definition) is 5. The van der Waals surface area contributed by atoms with Gasteiger partial charge in [0.2, 0.25) is 10.0 Å². The topological polar surface area (TPSA) is 98.2 Å². The van der Waals surface area contributed by atoms with E-state index in [1.54, 1.807) is 37.5 Å². The third-order valence-electron chi connectivity index (χ3n) is 5.23. The molecule has 8 heteroatoms. The molecular formula is C18H26ClN3O3S. The van der Waals surface area contributed by atoms with Gasteiger partial charge in [0.15, 0.2) is 5.89 Å². The van der Waals surface area contributed by atoms with Gasteiger partial charge in [-0.2, -0.15) is 0 Å². The molecule has 2 unspecified atom stereocenters. The average Bonchev–Trinajstić information content (AvgIpc) is 3.03. The Bertz CT molecular complexity index is 836. The minimum absolute atomic E-state index is 0. The van der Waals surface area contributed by atoms with Crippen molar-refractivity contribution in [1.29, 1.82) is 0 Å². The molecule has 1 aromatic heterocycles. The van der Waals surface area contributed by atoms with E-state index < -0.39 is 15.6 Å². The molecule has 0 spiro atoms. The van der Waals surface area contributed by atoms with Gasteiger partial charge in [-0.15, -0.1) is 12.4 Å². The van der Waals surface area contributed by atoms with E-state index in [2.05, 4.69) is 16.6 Å². The highest BCUT2D eigenvalue weighted by Crippen LogP contribution is 2.34. The molecule has 3 N–H and O–H groups in total. The zero-order valence-corrected chi connectivity index (χ0v) is 16.7. The summed E-state index contributed by atoms with van der Waals surface area (Å²) in [6, 6.07) is 6.68. The molecule has 0 aliphatic heterocycles. The lowest BCUT2D eigenvalue weighted by atomic mass is 9.74. The van der Waals surface area contributed by atoms with Gasteiger partial charge in [-0.25, -0.2) is 18.1 Å². The van der Waals surface area contributed by atoms with Crippen molar-refractivity contribution < 1.29 is 12.8 Å². The summed E-state index contributed by atoms with van der Waals surface area (Å²) in [7, 11) is -3.63. The Kier molecular flexibility index (Phi) is 6.50. The largest absolute Gasteiger partial charge is 0.449 e. The number of sulfonamides is 1. The average molecular weight is 400 g/mol. The van der Waals surface area contributed by atoms with Gasteiger partial charge in [0, 0.05) is 24.6 Å². The molecular weight excluding hydrogens is 374 g/mol. The lowest BCUT2D eigenvalue weighted by Gasteiger charge is -2.42. The van der Waals surface area contributed by atoms with Crippen molar-refractivity contribution >= 4 is 22.4 Å². The van der Waals surface area contributed by atoms with Crippen LogP contribution in [0, 0.1) is 12.8 Å². The van der Waals surface area contributed by atoms with Crippen molar-refractivity contribution in [3.63, 3.8) is 0 Å². The predicted molar refractivity (Wildman–Crippen MR) is 104 cm³/mol. The van der Waals surface area contributed by atoms with Crippen LogP contribution >= 0.6 is 12.4 Å². The van der Waals surface area contributed by atoms with Gasteiger partial charge in [-0.3, -0.25) is 0 Å². The molecule has 1 aromatic carbocycles. The summed E-state index contributed by atoms with van der Waals surface area (Å²) in [4.78, 5) is 4.49. The molecule has 26 heavy (non-hydrogen) atoms. The van der Waals surface area contributed by atoms with Crippen molar-refractivity contribution in [2.75, 3.05) is 6.54 Å². The fraction of sp³-hybridized carbons (Fsp3) is 0.500. The molecule has 0 amide bonds. The quantitative estimate of drug-likeness (QED) is 0.803. The summed E-state index contributed by atoms with van der Waals surface area (Å²) in [6.07, 6.45) is 5.44. The van der Waals surface area contributed by atoms with Crippen LogP contribution in [-0.2, 0) is 10.0 Å². The second kappa shape index (κ2) is 8.08. The highest BCUT2D eigenvalue weighted by molar-refractivity contribution is 7.89. The molecule has 1 aliphatic carbocycles. The van der Waals surface area contributed by atoms with E-state index in [1.165, 1.54) is 0 Å². The van der Waals surface area contributed by atoms with Gasteiger partial charge < -0.3 is 10.2 Å². The third-order valence-corrected chi connectivity index (χ3v) is 6.80. The number of rotatable bonds is 5. The molecule has 2 atom stereocenters. The minimum atomic E-state index is -3.63. The number of aryl methyl sites for hydroxylation is 1. The monoisotopic (exact) mass is 399 g/mol. The predicted octanol–water partition coefficient (Wildman–Crippen LogP) is 3.26. The van der Waals surface area contributed by atoms with E-state index in [0.29, 0.717) is 18.1 Å². The second-order valence-corrected chi connectivity index (χ2v) is 8.57. The van der Waals surface area contributed by atoms with Crippen LogP contribution in [0.2, 0.25) is 0 Å². The normalized spacial score (nSPS) is 23.4. The van der Waals surface area contributed by atoms with E-state index >= 15 is 0 Å². The van der Waals surface area contributed by atoms with Crippen LogP contribution in [0.25, 0.3) is 11.3 Å². The molecule has 1 heterocycles. The SMILES string of the molecule is Cc1nc(-c2ccc(S(=O)(=O)NC3(CN)CCCCC3C)cc2)co1.Cl. The summed E-state index contributed by atoms with van der Waals surface area (Å²) < 4.78 is 33.8. The van der Waals surface area contributed by atoms with Crippen LogP contribution in [0.5, 0.6) is 0 Å².